The van der Waals surface area contributed by atoms with Crippen LogP contribution in [0.3, 0.4) is 0 Å². The van der Waals surface area contributed by atoms with Crippen LogP contribution in [0.25, 0.3) is 5.57 Å². The third-order valence-corrected chi connectivity index (χ3v) is 6.31. The van der Waals surface area contributed by atoms with Crippen LogP contribution in [0.15, 0.2) is 72.4 Å². The van der Waals surface area contributed by atoms with E-state index in [1.54, 1.807) is 0 Å². The number of nitrogens with zero attached hydrogens (tertiary/aromatic N) is 1. The standard InChI is InChI=1S/C30H32N2O3/c1-7-35-25-16-9-21(10-17-25)26-27(31-23-13-11-22(12-14-23)30(4,5)6)29(34)32(28(26)33)24-15-8-19(2)20(3)18-24/h8-18,31H,7H2,1-6H3. The van der Waals surface area contributed by atoms with Crippen molar-refractivity contribution in [1.82, 2.24) is 0 Å². The monoisotopic (exact) mass is 468 g/mol. The highest BCUT2D eigenvalue weighted by atomic mass is 16.5. The van der Waals surface area contributed by atoms with Crippen LogP contribution in [-0.4, -0.2) is 18.4 Å². The zero-order valence-electron chi connectivity index (χ0n) is 21.2. The summed E-state index contributed by atoms with van der Waals surface area (Å²) >= 11 is 0. The van der Waals surface area contributed by atoms with Crippen LogP contribution in [0, 0.1) is 13.8 Å². The summed E-state index contributed by atoms with van der Waals surface area (Å²) in [7, 11) is 0. The number of aryl methyl sites for hydroxylation is 2. The average Bonchev–Trinajstić information content (AvgIpc) is 3.05. The van der Waals surface area contributed by atoms with E-state index < -0.39 is 0 Å². The van der Waals surface area contributed by atoms with Crippen molar-refractivity contribution in [1.29, 1.82) is 0 Å². The predicted molar refractivity (Wildman–Crippen MR) is 142 cm³/mol. The van der Waals surface area contributed by atoms with Crippen molar-refractivity contribution in [2.75, 3.05) is 16.8 Å². The molecule has 0 unspecified atom stereocenters. The largest absolute Gasteiger partial charge is 0.494 e. The van der Waals surface area contributed by atoms with Gasteiger partial charge in [0, 0.05) is 5.69 Å². The molecule has 1 N–H and O–H groups in total. The molecule has 5 nitrogen and oxygen atoms in total. The second-order valence-corrected chi connectivity index (χ2v) is 9.87. The van der Waals surface area contributed by atoms with Crippen LogP contribution in [-0.2, 0) is 15.0 Å². The van der Waals surface area contributed by atoms with E-state index in [-0.39, 0.29) is 22.9 Å². The zero-order valence-corrected chi connectivity index (χ0v) is 21.2. The van der Waals surface area contributed by atoms with Crippen molar-refractivity contribution in [2.24, 2.45) is 0 Å². The highest BCUT2D eigenvalue weighted by molar-refractivity contribution is 6.46. The highest BCUT2D eigenvalue weighted by Crippen LogP contribution is 2.35. The summed E-state index contributed by atoms with van der Waals surface area (Å²) in [6, 6.07) is 20.9. The number of ether oxygens (including phenoxy) is 1. The average molecular weight is 469 g/mol. The van der Waals surface area contributed by atoms with Crippen LogP contribution in [0.5, 0.6) is 5.75 Å². The van der Waals surface area contributed by atoms with Gasteiger partial charge in [0.15, 0.2) is 0 Å². The Morgan fingerprint density at radius 3 is 2.06 bits per heavy atom. The zero-order chi connectivity index (χ0) is 25.3. The molecule has 0 fully saturated rings. The molecular weight excluding hydrogens is 436 g/mol. The molecule has 35 heavy (non-hydrogen) atoms. The van der Waals surface area contributed by atoms with E-state index in [1.165, 1.54) is 10.5 Å². The van der Waals surface area contributed by atoms with Crippen molar-refractivity contribution in [3.05, 3.63) is 94.7 Å². The van der Waals surface area contributed by atoms with Crippen molar-refractivity contribution in [2.45, 2.75) is 47.0 Å². The Hall–Kier alpha value is -3.86. The lowest BCUT2D eigenvalue weighted by atomic mass is 9.87. The molecule has 0 aromatic heterocycles. The fourth-order valence-corrected chi connectivity index (χ4v) is 4.10. The Labute approximate surface area is 207 Å². The molecule has 0 saturated heterocycles. The van der Waals surface area contributed by atoms with Crippen LogP contribution in [0.4, 0.5) is 11.4 Å². The van der Waals surface area contributed by atoms with Gasteiger partial charge in [-0.05, 0) is 84.8 Å². The first-order valence-electron chi connectivity index (χ1n) is 11.9. The minimum atomic E-state index is -0.373. The number of imide groups is 1. The number of benzene rings is 3. The van der Waals surface area contributed by atoms with Crippen LogP contribution in [0.1, 0.15) is 49.9 Å². The Morgan fingerprint density at radius 2 is 1.49 bits per heavy atom. The molecule has 3 aromatic rings. The van der Waals surface area contributed by atoms with Crippen molar-refractivity contribution < 1.29 is 14.3 Å². The van der Waals surface area contributed by atoms with Gasteiger partial charge in [-0.1, -0.05) is 51.1 Å². The van der Waals surface area contributed by atoms with Gasteiger partial charge in [0.1, 0.15) is 11.4 Å². The van der Waals surface area contributed by atoms with Gasteiger partial charge in [-0.2, -0.15) is 0 Å². The Morgan fingerprint density at radius 1 is 0.829 bits per heavy atom. The molecule has 0 atom stereocenters. The Balaban J connectivity index is 1.77. The van der Waals surface area contributed by atoms with E-state index in [4.69, 9.17) is 4.74 Å². The number of hydrogen-bond donors (Lipinski definition) is 1. The molecule has 0 bridgehead atoms. The second-order valence-electron chi connectivity index (χ2n) is 9.87. The highest BCUT2D eigenvalue weighted by Gasteiger charge is 2.40. The van der Waals surface area contributed by atoms with E-state index in [1.807, 2.05) is 87.5 Å². The molecule has 0 saturated carbocycles. The van der Waals surface area contributed by atoms with Crippen molar-refractivity contribution >= 4 is 28.8 Å². The first-order valence-corrected chi connectivity index (χ1v) is 11.9. The lowest BCUT2D eigenvalue weighted by Crippen LogP contribution is -2.32. The summed E-state index contributed by atoms with van der Waals surface area (Å²) in [5.41, 5.74) is 5.91. The number of nitrogens with one attached hydrogen (secondary N) is 1. The summed E-state index contributed by atoms with van der Waals surface area (Å²) < 4.78 is 5.55. The summed E-state index contributed by atoms with van der Waals surface area (Å²) in [5.74, 6) is -0.00910. The van der Waals surface area contributed by atoms with Gasteiger partial charge in [-0.15, -0.1) is 0 Å². The number of hydrogen-bond acceptors (Lipinski definition) is 4. The van der Waals surface area contributed by atoms with E-state index in [9.17, 15) is 9.59 Å². The number of anilines is 2. The predicted octanol–water partition coefficient (Wildman–Crippen LogP) is 6.40. The Kier molecular flexibility index (Phi) is 6.53. The van der Waals surface area contributed by atoms with E-state index >= 15 is 0 Å². The van der Waals surface area contributed by atoms with Gasteiger partial charge < -0.3 is 10.1 Å². The maximum atomic E-state index is 13.7. The molecular formula is C30H32N2O3. The first kappa shape index (κ1) is 24.3. The number of carbonyl (C=O) groups excluding carboxylic acids is 2. The minimum Gasteiger partial charge on any atom is -0.494 e. The third kappa shape index (κ3) is 4.85. The van der Waals surface area contributed by atoms with E-state index in [2.05, 4.69) is 26.1 Å². The lowest BCUT2D eigenvalue weighted by molar-refractivity contribution is -0.120. The first-order chi connectivity index (χ1) is 16.6. The summed E-state index contributed by atoms with van der Waals surface area (Å²) in [6.07, 6.45) is 0. The normalized spacial score (nSPS) is 14.1. The molecule has 0 spiro atoms. The summed E-state index contributed by atoms with van der Waals surface area (Å²) in [6.45, 7) is 12.9. The molecule has 1 heterocycles. The smallest absolute Gasteiger partial charge is 0.282 e. The molecule has 2 amide bonds. The van der Waals surface area contributed by atoms with Crippen molar-refractivity contribution in [3.8, 4) is 5.75 Å². The van der Waals surface area contributed by atoms with Crippen LogP contribution >= 0.6 is 0 Å². The van der Waals surface area contributed by atoms with Gasteiger partial charge in [0.25, 0.3) is 11.8 Å². The molecule has 0 aliphatic carbocycles. The molecule has 1 aliphatic rings. The summed E-state index contributed by atoms with van der Waals surface area (Å²) in [5, 5.41) is 3.25. The maximum Gasteiger partial charge on any atom is 0.282 e. The van der Waals surface area contributed by atoms with E-state index in [0.717, 1.165) is 16.8 Å². The number of amides is 2. The SMILES string of the molecule is CCOc1ccc(C2=C(Nc3ccc(C(C)(C)C)cc3)C(=O)N(c3ccc(C)c(C)c3)C2=O)cc1. The van der Waals surface area contributed by atoms with Crippen LogP contribution < -0.4 is 15.0 Å². The molecule has 5 heteroatoms. The Bertz CT molecular complexity index is 1300. The van der Waals surface area contributed by atoms with Gasteiger partial charge >= 0.3 is 0 Å². The van der Waals surface area contributed by atoms with Gasteiger partial charge in [0.2, 0.25) is 0 Å². The van der Waals surface area contributed by atoms with Gasteiger partial charge in [-0.3, -0.25) is 9.59 Å². The lowest BCUT2D eigenvalue weighted by Gasteiger charge is -2.19. The fraction of sp³-hybridized carbons (Fsp3) is 0.267. The minimum absolute atomic E-state index is 0.0184. The van der Waals surface area contributed by atoms with Crippen LogP contribution in [0.2, 0.25) is 0 Å². The molecule has 0 radical (unpaired) electrons. The molecule has 3 aromatic carbocycles. The molecule has 180 valence electrons. The summed E-state index contributed by atoms with van der Waals surface area (Å²) in [4.78, 5) is 28.6. The topological polar surface area (TPSA) is 58.6 Å². The number of carbonyl (C=O) groups is 2. The van der Waals surface area contributed by atoms with Gasteiger partial charge in [-0.25, -0.2) is 4.90 Å². The van der Waals surface area contributed by atoms with E-state index in [0.29, 0.717) is 29.2 Å². The number of rotatable bonds is 6. The second kappa shape index (κ2) is 9.41. The maximum absolute atomic E-state index is 13.7. The molecule has 1 aliphatic heterocycles. The fourth-order valence-electron chi connectivity index (χ4n) is 4.10. The molecule has 4 rings (SSSR count). The third-order valence-electron chi connectivity index (χ3n) is 6.31. The quantitative estimate of drug-likeness (QED) is 0.426. The van der Waals surface area contributed by atoms with Gasteiger partial charge in [0.05, 0.1) is 17.9 Å². The van der Waals surface area contributed by atoms with Crippen molar-refractivity contribution in [3.63, 3.8) is 0 Å².